The molecule has 0 fully saturated rings. The number of hydrogen-bond donors (Lipinski definition) is 3. The number of carbonyl (C=O) groups is 2. The molecule has 11 heteroatoms. The summed E-state index contributed by atoms with van der Waals surface area (Å²) in [6, 6.07) is 19.6. The van der Waals surface area contributed by atoms with Gasteiger partial charge in [-0.1, -0.05) is 42.5 Å². The highest BCUT2D eigenvalue weighted by Gasteiger charge is 2.22. The van der Waals surface area contributed by atoms with E-state index >= 15 is 0 Å². The second kappa shape index (κ2) is 13.9. The summed E-state index contributed by atoms with van der Waals surface area (Å²) in [7, 11) is 0. The standard InChI is InChI=1S/C28H25BrFN5O4/c29-24-12-21(8-11-26(24)38-16-20-6-9-22(30)10-7-20)14-33-35-27(36)25(13-23-15-31-18-32-23)34-28(37)39-17-19-4-2-1-3-5-19/h1-12,14-15,18,25H,13,16-17H2,(H,31,32)(H,34,37)(H,35,36)/b33-14-/t25-/m1/s1. The number of rotatable bonds is 11. The molecule has 0 aliphatic carbocycles. The van der Waals surface area contributed by atoms with Gasteiger partial charge in [0.15, 0.2) is 0 Å². The molecule has 9 nitrogen and oxygen atoms in total. The summed E-state index contributed by atoms with van der Waals surface area (Å²) in [5.74, 6) is -0.240. The fourth-order valence-electron chi connectivity index (χ4n) is 3.44. The molecule has 0 unspecified atom stereocenters. The topological polar surface area (TPSA) is 118 Å². The maximum absolute atomic E-state index is 13.1. The maximum atomic E-state index is 13.1. The molecule has 200 valence electrons. The molecule has 1 atom stereocenters. The van der Waals surface area contributed by atoms with E-state index in [9.17, 15) is 14.0 Å². The van der Waals surface area contributed by atoms with Gasteiger partial charge in [0, 0.05) is 18.3 Å². The number of imidazole rings is 1. The molecule has 3 N–H and O–H groups in total. The fourth-order valence-corrected chi connectivity index (χ4v) is 3.95. The quantitative estimate of drug-likeness (QED) is 0.169. The first-order chi connectivity index (χ1) is 19.0. The van der Waals surface area contributed by atoms with Crippen LogP contribution in [-0.4, -0.2) is 34.2 Å². The van der Waals surface area contributed by atoms with E-state index in [-0.39, 0.29) is 25.5 Å². The van der Waals surface area contributed by atoms with Crippen molar-refractivity contribution in [3.05, 3.63) is 118 Å². The number of H-pyrrole nitrogens is 1. The second-order valence-corrected chi connectivity index (χ2v) is 9.23. The van der Waals surface area contributed by atoms with Crippen LogP contribution in [0.15, 0.2) is 94.9 Å². The number of benzene rings is 3. The highest BCUT2D eigenvalue weighted by molar-refractivity contribution is 9.10. The average molecular weight is 594 g/mol. The normalized spacial score (nSPS) is 11.6. The van der Waals surface area contributed by atoms with E-state index in [1.165, 1.54) is 24.7 Å². The van der Waals surface area contributed by atoms with Crippen molar-refractivity contribution >= 4 is 34.1 Å². The highest BCUT2D eigenvalue weighted by Crippen LogP contribution is 2.26. The van der Waals surface area contributed by atoms with Gasteiger partial charge in [0.05, 0.1) is 17.0 Å². The smallest absolute Gasteiger partial charge is 0.408 e. The molecule has 39 heavy (non-hydrogen) atoms. The lowest BCUT2D eigenvalue weighted by molar-refractivity contribution is -0.123. The number of nitrogens with one attached hydrogen (secondary N) is 3. The molecule has 0 saturated carbocycles. The Balaban J connectivity index is 1.32. The van der Waals surface area contributed by atoms with Crippen molar-refractivity contribution in [1.29, 1.82) is 0 Å². The van der Waals surface area contributed by atoms with Crippen molar-refractivity contribution in [3.63, 3.8) is 0 Å². The van der Waals surface area contributed by atoms with E-state index < -0.39 is 18.0 Å². The molecule has 0 spiro atoms. The molecule has 0 bridgehead atoms. The minimum Gasteiger partial charge on any atom is -0.488 e. The van der Waals surface area contributed by atoms with Crippen molar-refractivity contribution in [1.82, 2.24) is 20.7 Å². The van der Waals surface area contributed by atoms with Crippen LogP contribution in [0, 0.1) is 5.82 Å². The summed E-state index contributed by atoms with van der Waals surface area (Å²) in [6.45, 7) is 0.350. The molecule has 0 radical (unpaired) electrons. The van der Waals surface area contributed by atoms with E-state index in [0.717, 1.165) is 11.1 Å². The molecule has 1 aromatic heterocycles. The van der Waals surface area contributed by atoms with Gasteiger partial charge < -0.3 is 19.8 Å². The van der Waals surface area contributed by atoms with Crippen LogP contribution in [0.5, 0.6) is 5.75 Å². The van der Waals surface area contributed by atoms with Gasteiger partial charge in [-0.15, -0.1) is 0 Å². The number of nitrogens with zero attached hydrogens (tertiary/aromatic N) is 2. The zero-order chi connectivity index (χ0) is 27.5. The molecular formula is C28H25BrFN5O4. The summed E-state index contributed by atoms with van der Waals surface area (Å²) in [5.41, 5.74) is 5.46. The first-order valence-electron chi connectivity index (χ1n) is 11.9. The summed E-state index contributed by atoms with van der Waals surface area (Å²) >= 11 is 3.46. The molecule has 0 aliphatic rings. The number of carbonyl (C=O) groups excluding carboxylic acids is 2. The molecule has 2 amide bonds. The highest BCUT2D eigenvalue weighted by atomic mass is 79.9. The van der Waals surface area contributed by atoms with Gasteiger partial charge in [-0.3, -0.25) is 4.79 Å². The lowest BCUT2D eigenvalue weighted by atomic mass is 10.1. The number of aromatic nitrogens is 2. The van der Waals surface area contributed by atoms with Crippen molar-refractivity contribution in [2.75, 3.05) is 0 Å². The van der Waals surface area contributed by atoms with Crippen LogP contribution in [-0.2, 0) is 29.2 Å². The Morgan fingerprint density at radius 2 is 1.82 bits per heavy atom. The SMILES string of the molecule is O=C(N[C@H](Cc1cnc[nH]1)C(=O)N/N=C\c1ccc(OCc2ccc(F)cc2)c(Br)c1)OCc1ccccc1. The third-order valence-corrected chi connectivity index (χ3v) is 6.07. The van der Waals surface area contributed by atoms with Crippen molar-refractivity contribution in [3.8, 4) is 5.75 Å². The van der Waals surface area contributed by atoms with Crippen LogP contribution in [0.4, 0.5) is 9.18 Å². The number of hydrazone groups is 1. The molecule has 0 saturated heterocycles. The van der Waals surface area contributed by atoms with Crippen LogP contribution in [0.2, 0.25) is 0 Å². The third kappa shape index (κ3) is 8.78. The minimum atomic E-state index is -0.958. The Hall–Kier alpha value is -4.51. The van der Waals surface area contributed by atoms with Gasteiger partial charge in [0.25, 0.3) is 5.91 Å². The Bertz CT molecular complexity index is 1400. The summed E-state index contributed by atoms with van der Waals surface area (Å²) < 4.78 is 24.8. The van der Waals surface area contributed by atoms with Crippen LogP contribution in [0.3, 0.4) is 0 Å². The van der Waals surface area contributed by atoms with Gasteiger partial charge in [-0.2, -0.15) is 5.10 Å². The predicted molar refractivity (Wildman–Crippen MR) is 146 cm³/mol. The number of amides is 2. The Kier molecular flexibility index (Phi) is 9.79. The monoisotopic (exact) mass is 593 g/mol. The summed E-state index contributed by atoms with van der Waals surface area (Å²) in [5, 5.41) is 6.61. The summed E-state index contributed by atoms with van der Waals surface area (Å²) in [6.07, 6.45) is 3.95. The van der Waals surface area contributed by atoms with Gasteiger partial charge in [0.1, 0.15) is 30.8 Å². The fraction of sp³-hybridized carbons (Fsp3) is 0.143. The van der Waals surface area contributed by atoms with Crippen molar-refractivity contribution < 1.29 is 23.5 Å². The van der Waals surface area contributed by atoms with Crippen molar-refractivity contribution in [2.24, 2.45) is 5.10 Å². The molecule has 0 aliphatic heterocycles. The minimum absolute atomic E-state index is 0.0711. The number of hydrogen-bond acceptors (Lipinski definition) is 6. The number of alkyl carbamates (subject to hydrolysis) is 1. The van der Waals surface area contributed by atoms with Crippen LogP contribution < -0.4 is 15.5 Å². The van der Waals surface area contributed by atoms with Gasteiger partial charge in [-0.25, -0.2) is 19.6 Å². The maximum Gasteiger partial charge on any atom is 0.408 e. The Morgan fingerprint density at radius 3 is 2.54 bits per heavy atom. The zero-order valence-electron chi connectivity index (χ0n) is 20.6. The van der Waals surface area contributed by atoms with E-state index in [4.69, 9.17) is 9.47 Å². The number of halogens is 2. The molecule has 3 aromatic carbocycles. The average Bonchev–Trinajstić information content (AvgIpc) is 3.46. The van der Waals surface area contributed by atoms with E-state index in [1.54, 1.807) is 36.5 Å². The molecule has 1 heterocycles. The van der Waals surface area contributed by atoms with Gasteiger partial charge >= 0.3 is 6.09 Å². The van der Waals surface area contributed by atoms with E-state index in [0.29, 0.717) is 21.5 Å². The third-order valence-electron chi connectivity index (χ3n) is 5.45. The van der Waals surface area contributed by atoms with Gasteiger partial charge in [-0.05, 0) is 63.0 Å². The van der Waals surface area contributed by atoms with Gasteiger partial charge in [0.2, 0.25) is 0 Å². The van der Waals surface area contributed by atoms with Crippen LogP contribution >= 0.6 is 15.9 Å². The van der Waals surface area contributed by atoms with E-state index in [2.05, 4.69) is 41.7 Å². The predicted octanol–water partition coefficient (Wildman–Crippen LogP) is 4.88. The van der Waals surface area contributed by atoms with Crippen molar-refractivity contribution in [2.45, 2.75) is 25.7 Å². The van der Waals surface area contributed by atoms with E-state index in [1.807, 2.05) is 30.3 Å². The number of aromatic amines is 1. The Labute approximate surface area is 232 Å². The molecule has 4 rings (SSSR count). The molecule has 4 aromatic rings. The first-order valence-corrected chi connectivity index (χ1v) is 12.7. The van der Waals surface area contributed by atoms with Crippen LogP contribution in [0.25, 0.3) is 0 Å². The van der Waals surface area contributed by atoms with Crippen LogP contribution in [0.1, 0.15) is 22.4 Å². The lowest BCUT2D eigenvalue weighted by Crippen LogP contribution is -2.47. The lowest BCUT2D eigenvalue weighted by Gasteiger charge is -2.16. The second-order valence-electron chi connectivity index (χ2n) is 8.38. The molecular weight excluding hydrogens is 569 g/mol. The zero-order valence-corrected chi connectivity index (χ0v) is 22.2. The number of ether oxygens (including phenoxy) is 2. The first kappa shape index (κ1) is 27.5. The Morgan fingerprint density at radius 1 is 1.05 bits per heavy atom. The summed E-state index contributed by atoms with van der Waals surface area (Å²) in [4.78, 5) is 32.1. The largest absolute Gasteiger partial charge is 0.488 e.